The Morgan fingerprint density at radius 1 is 1.11 bits per heavy atom. The molecule has 1 N–H and O–H groups in total. The summed E-state index contributed by atoms with van der Waals surface area (Å²) in [5, 5.41) is 0. The Kier molecular flexibility index (Phi) is 4.62. The summed E-state index contributed by atoms with van der Waals surface area (Å²) < 4.78 is 0. The lowest BCUT2D eigenvalue weighted by molar-refractivity contribution is 0.535. The molecule has 19 heavy (non-hydrogen) atoms. The number of aromatic nitrogens is 2. The minimum Gasteiger partial charge on any atom is -0.342 e. The summed E-state index contributed by atoms with van der Waals surface area (Å²) in [4.78, 5) is 8.14. The van der Waals surface area contributed by atoms with Crippen molar-refractivity contribution in [2.24, 2.45) is 5.92 Å². The lowest BCUT2D eigenvalue weighted by atomic mass is 10.0. The molecule has 2 nitrogen and oxygen atoms in total. The number of imidazole rings is 1. The zero-order chi connectivity index (χ0) is 13.8. The van der Waals surface area contributed by atoms with E-state index in [4.69, 9.17) is 0 Å². The molecule has 2 aromatic rings. The number of rotatable bonds is 6. The summed E-state index contributed by atoms with van der Waals surface area (Å²) in [6.45, 7) is 9.03. The first-order valence-corrected chi connectivity index (χ1v) is 7.55. The number of fused-ring (bicyclic) bond motifs is 1. The number of nitrogens with one attached hydrogen (secondary N) is 1. The zero-order valence-electron chi connectivity index (χ0n) is 12.7. The Morgan fingerprint density at radius 2 is 1.89 bits per heavy atom. The maximum absolute atomic E-state index is 4.67. The second-order valence-electron chi connectivity index (χ2n) is 6.25. The minimum absolute atomic E-state index is 0.571. The molecule has 0 amide bonds. The van der Waals surface area contributed by atoms with E-state index in [1.165, 1.54) is 30.3 Å². The molecule has 0 spiro atoms. The number of benzene rings is 1. The van der Waals surface area contributed by atoms with Crippen LogP contribution in [0.1, 0.15) is 64.3 Å². The second kappa shape index (κ2) is 6.23. The number of aromatic amines is 1. The smallest absolute Gasteiger partial charge is 0.107 e. The number of unbranched alkanes of at least 4 members (excludes halogenated alkanes) is 1. The number of nitrogens with zero attached hydrogens (tertiary/aromatic N) is 1. The van der Waals surface area contributed by atoms with Gasteiger partial charge in [-0.15, -0.1) is 0 Å². The van der Waals surface area contributed by atoms with Crippen LogP contribution in [0.25, 0.3) is 11.0 Å². The lowest BCUT2D eigenvalue weighted by Gasteiger charge is -2.03. The molecule has 0 radical (unpaired) electrons. The highest BCUT2D eigenvalue weighted by Crippen LogP contribution is 2.20. The van der Waals surface area contributed by atoms with E-state index in [9.17, 15) is 0 Å². The van der Waals surface area contributed by atoms with Crippen molar-refractivity contribution in [3.05, 3.63) is 29.6 Å². The van der Waals surface area contributed by atoms with Gasteiger partial charge in [0.2, 0.25) is 0 Å². The van der Waals surface area contributed by atoms with Crippen LogP contribution >= 0.6 is 0 Å². The molecule has 0 aliphatic heterocycles. The third-order valence-electron chi connectivity index (χ3n) is 3.67. The third kappa shape index (κ3) is 3.82. The van der Waals surface area contributed by atoms with Crippen LogP contribution in [0.4, 0.5) is 0 Å². The van der Waals surface area contributed by atoms with Gasteiger partial charge in [0.15, 0.2) is 0 Å². The number of aryl methyl sites for hydroxylation is 1. The van der Waals surface area contributed by atoms with Gasteiger partial charge in [0.05, 0.1) is 11.0 Å². The molecular weight excluding hydrogens is 232 g/mol. The van der Waals surface area contributed by atoms with Crippen molar-refractivity contribution in [2.45, 2.75) is 59.3 Å². The Morgan fingerprint density at radius 3 is 2.58 bits per heavy atom. The first kappa shape index (κ1) is 14.1. The molecule has 0 atom stereocenters. The second-order valence-corrected chi connectivity index (χ2v) is 6.25. The van der Waals surface area contributed by atoms with Crippen LogP contribution in [-0.4, -0.2) is 9.97 Å². The molecule has 0 saturated carbocycles. The number of hydrogen-bond donors (Lipinski definition) is 1. The van der Waals surface area contributed by atoms with Crippen molar-refractivity contribution in [3.8, 4) is 0 Å². The van der Waals surface area contributed by atoms with E-state index in [-0.39, 0.29) is 0 Å². The predicted octanol–water partition coefficient (Wildman–Crippen LogP) is 5.06. The van der Waals surface area contributed by atoms with E-state index in [1.807, 2.05) is 0 Å². The maximum Gasteiger partial charge on any atom is 0.107 e. The average Bonchev–Trinajstić information content (AvgIpc) is 2.75. The molecule has 1 aromatic heterocycles. The quantitative estimate of drug-likeness (QED) is 0.721. The summed E-state index contributed by atoms with van der Waals surface area (Å²) in [6, 6.07) is 6.57. The monoisotopic (exact) mass is 258 g/mol. The fraction of sp³-hybridized carbons (Fsp3) is 0.588. The zero-order valence-corrected chi connectivity index (χ0v) is 12.7. The van der Waals surface area contributed by atoms with Gasteiger partial charge in [-0.2, -0.15) is 0 Å². The third-order valence-corrected chi connectivity index (χ3v) is 3.67. The fourth-order valence-electron chi connectivity index (χ4n) is 2.40. The van der Waals surface area contributed by atoms with E-state index in [1.54, 1.807) is 0 Å². The van der Waals surface area contributed by atoms with E-state index in [0.717, 1.165) is 23.7 Å². The molecule has 104 valence electrons. The number of hydrogen-bond acceptors (Lipinski definition) is 1. The summed E-state index contributed by atoms with van der Waals surface area (Å²) in [7, 11) is 0. The fourth-order valence-corrected chi connectivity index (χ4v) is 2.40. The first-order chi connectivity index (χ1) is 9.06. The van der Waals surface area contributed by atoms with Gasteiger partial charge in [0.25, 0.3) is 0 Å². The van der Waals surface area contributed by atoms with Crippen LogP contribution in [0.15, 0.2) is 18.2 Å². The van der Waals surface area contributed by atoms with E-state index in [2.05, 4.69) is 55.9 Å². The summed E-state index contributed by atoms with van der Waals surface area (Å²) in [5.74, 6) is 2.52. The Hall–Kier alpha value is -1.31. The molecular formula is C17H26N2. The summed E-state index contributed by atoms with van der Waals surface area (Å²) in [6.07, 6.45) is 4.91. The van der Waals surface area contributed by atoms with Gasteiger partial charge in [0, 0.05) is 6.42 Å². The van der Waals surface area contributed by atoms with Crippen LogP contribution < -0.4 is 0 Å². The largest absolute Gasteiger partial charge is 0.342 e. The van der Waals surface area contributed by atoms with Gasteiger partial charge in [0.1, 0.15) is 5.82 Å². The van der Waals surface area contributed by atoms with Crippen molar-refractivity contribution >= 4 is 11.0 Å². The normalized spacial score (nSPS) is 11.9. The molecule has 0 fully saturated rings. The Bertz CT molecular complexity index is 523. The SMILES string of the molecule is CC(C)CCCCc1nc2ccc(C(C)C)cc2[nH]1. The molecule has 0 bridgehead atoms. The van der Waals surface area contributed by atoms with E-state index >= 15 is 0 Å². The van der Waals surface area contributed by atoms with Gasteiger partial charge in [-0.3, -0.25) is 0 Å². The predicted molar refractivity (Wildman–Crippen MR) is 82.6 cm³/mol. The molecule has 0 saturated heterocycles. The van der Waals surface area contributed by atoms with Gasteiger partial charge < -0.3 is 4.98 Å². The molecule has 0 unspecified atom stereocenters. The molecule has 1 aromatic carbocycles. The molecule has 2 rings (SSSR count). The van der Waals surface area contributed by atoms with E-state index < -0.39 is 0 Å². The van der Waals surface area contributed by atoms with Crippen LogP contribution in [0.2, 0.25) is 0 Å². The highest BCUT2D eigenvalue weighted by atomic mass is 14.9. The summed E-state index contributed by atoms with van der Waals surface area (Å²) >= 11 is 0. The minimum atomic E-state index is 0.571. The van der Waals surface area contributed by atoms with Crippen molar-refractivity contribution in [1.82, 2.24) is 9.97 Å². The van der Waals surface area contributed by atoms with Gasteiger partial charge in [-0.05, 0) is 36.0 Å². The molecule has 2 heteroatoms. The molecule has 0 aliphatic carbocycles. The van der Waals surface area contributed by atoms with Crippen molar-refractivity contribution in [1.29, 1.82) is 0 Å². The Balaban J connectivity index is 2.01. The van der Waals surface area contributed by atoms with Crippen LogP contribution in [0, 0.1) is 5.92 Å². The maximum atomic E-state index is 4.67. The van der Waals surface area contributed by atoms with Gasteiger partial charge in [-0.25, -0.2) is 4.98 Å². The van der Waals surface area contributed by atoms with Crippen LogP contribution in [-0.2, 0) is 6.42 Å². The lowest BCUT2D eigenvalue weighted by Crippen LogP contribution is -1.91. The first-order valence-electron chi connectivity index (χ1n) is 7.55. The average molecular weight is 258 g/mol. The van der Waals surface area contributed by atoms with Gasteiger partial charge in [-0.1, -0.05) is 46.6 Å². The van der Waals surface area contributed by atoms with Crippen LogP contribution in [0.3, 0.4) is 0 Å². The molecule has 0 aliphatic rings. The van der Waals surface area contributed by atoms with Crippen molar-refractivity contribution < 1.29 is 0 Å². The topological polar surface area (TPSA) is 28.7 Å². The van der Waals surface area contributed by atoms with Crippen LogP contribution in [0.5, 0.6) is 0 Å². The standard InChI is InChI=1S/C17H26N2/c1-12(2)7-5-6-8-17-18-15-10-9-14(13(3)4)11-16(15)19-17/h9-13H,5-8H2,1-4H3,(H,18,19). The highest BCUT2D eigenvalue weighted by molar-refractivity contribution is 5.76. The van der Waals surface area contributed by atoms with Gasteiger partial charge >= 0.3 is 0 Å². The summed E-state index contributed by atoms with van der Waals surface area (Å²) in [5.41, 5.74) is 3.66. The van der Waals surface area contributed by atoms with Crippen molar-refractivity contribution in [3.63, 3.8) is 0 Å². The van der Waals surface area contributed by atoms with Crippen molar-refractivity contribution in [2.75, 3.05) is 0 Å². The highest BCUT2D eigenvalue weighted by Gasteiger charge is 2.05. The molecule has 1 heterocycles. The number of H-pyrrole nitrogens is 1. The Labute approximate surface area is 116 Å². The van der Waals surface area contributed by atoms with E-state index in [0.29, 0.717) is 5.92 Å².